The number of hydrogen-bond acceptors (Lipinski definition) is 3. The zero-order valence-corrected chi connectivity index (χ0v) is 4.46. The van der Waals surface area contributed by atoms with E-state index in [0.717, 1.165) is 6.21 Å². The zero-order valence-electron chi connectivity index (χ0n) is 3.64. The second-order valence-corrected chi connectivity index (χ2v) is 1.47. The van der Waals surface area contributed by atoms with Gasteiger partial charge in [0.2, 0.25) is 0 Å². The molecule has 36 valence electrons. The molecule has 0 unspecified atom stereocenters. The molecule has 0 bridgehead atoms. The monoisotopic (exact) mass is 112 g/mol. The molecule has 0 spiro atoms. The topological polar surface area (TPSA) is 47.6 Å². The van der Waals surface area contributed by atoms with Crippen LogP contribution in [0, 0.1) is 16.7 Å². The average Bonchev–Trinajstić information content (AvgIpc) is 1.68. The summed E-state index contributed by atoms with van der Waals surface area (Å²) >= 11 is 4.49. The third-order valence-corrected chi connectivity index (χ3v) is 0.676. The molecular formula is C4H4N2S. The highest BCUT2D eigenvalue weighted by Gasteiger charge is 1.83. The Morgan fingerprint density at radius 3 is 2.71 bits per heavy atom. The van der Waals surface area contributed by atoms with Crippen LogP contribution in [-0.4, -0.2) is 11.1 Å². The molecule has 0 aromatic carbocycles. The van der Waals surface area contributed by atoms with Crippen molar-refractivity contribution in [2.75, 3.05) is 0 Å². The lowest BCUT2D eigenvalue weighted by molar-refractivity contribution is 1.43. The van der Waals surface area contributed by atoms with Crippen molar-refractivity contribution in [3.63, 3.8) is 0 Å². The molecule has 0 aliphatic heterocycles. The minimum Gasteiger partial charge on any atom is -0.308 e. The van der Waals surface area contributed by atoms with Crippen LogP contribution >= 0.6 is 12.2 Å². The van der Waals surface area contributed by atoms with Gasteiger partial charge in [-0.25, -0.2) is 0 Å². The van der Waals surface area contributed by atoms with E-state index in [4.69, 9.17) is 10.7 Å². The minimum atomic E-state index is 0.193. The SMILES string of the molecule is N#CCC(=S)C=N. The van der Waals surface area contributed by atoms with Crippen molar-refractivity contribution in [3.05, 3.63) is 0 Å². The van der Waals surface area contributed by atoms with Crippen molar-refractivity contribution in [2.24, 2.45) is 0 Å². The van der Waals surface area contributed by atoms with Crippen LogP contribution in [0.5, 0.6) is 0 Å². The van der Waals surface area contributed by atoms with E-state index in [0.29, 0.717) is 4.86 Å². The quantitative estimate of drug-likeness (QED) is 0.426. The molecule has 0 rings (SSSR count). The van der Waals surface area contributed by atoms with E-state index in [9.17, 15) is 0 Å². The summed E-state index contributed by atoms with van der Waals surface area (Å²) in [4.78, 5) is 0.391. The molecule has 0 aliphatic carbocycles. The molecule has 0 saturated heterocycles. The molecule has 0 fully saturated rings. The van der Waals surface area contributed by atoms with E-state index in [1.165, 1.54) is 0 Å². The Morgan fingerprint density at radius 1 is 2.00 bits per heavy atom. The van der Waals surface area contributed by atoms with Crippen LogP contribution in [0.1, 0.15) is 6.42 Å². The third kappa shape index (κ3) is 3.07. The second kappa shape index (κ2) is 3.44. The summed E-state index contributed by atoms with van der Waals surface area (Å²) in [5.41, 5.74) is 0. The molecule has 0 aromatic rings. The third-order valence-electron chi connectivity index (χ3n) is 0.414. The van der Waals surface area contributed by atoms with Crippen molar-refractivity contribution in [1.82, 2.24) is 0 Å². The van der Waals surface area contributed by atoms with Crippen molar-refractivity contribution in [2.45, 2.75) is 6.42 Å². The Bertz CT molecular complexity index is 122. The summed E-state index contributed by atoms with van der Waals surface area (Å²) in [5.74, 6) is 0. The first kappa shape index (κ1) is 6.25. The Morgan fingerprint density at radius 2 is 2.57 bits per heavy atom. The van der Waals surface area contributed by atoms with Crippen molar-refractivity contribution in [1.29, 1.82) is 10.7 Å². The van der Waals surface area contributed by atoms with Gasteiger partial charge in [0.15, 0.2) is 0 Å². The molecule has 0 atom stereocenters. The normalized spacial score (nSPS) is 6.71. The van der Waals surface area contributed by atoms with Crippen LogP contribution in [0.25, 0.3) is 0 Å². The highest BCUT2D eigenvalue weighted by Crippen LogP contribution is 1.77. The van der Waals surface area contributed by atoms with Crippen LogP contribution in [0.15, 0.2) is 0 Å². The fourth-order valence-electron chi connectivity index (χ4n) is 0.129. The van der Waals surface area contributed by atoms with E-state index in [-0.39, 0.29) is 6.42 Å². The van der Waals surface area contributed by atoms with Crippen LogP contribution < -0.4 is 0 Å². The molecule has 1 N–H and O–H groups in total. The molecule has 0 aromatic heterocycles. The number of nitrogens with zero attached hydrogens (tertiary/aromatic N) is 1. The molecule has 2 nitrogen and oxygen atoms in total. The van der Waals surface area contributed by atoms with Gasteiger partial charge in [0.25, 0.3) is 0 Å². The molecule has 0 aliphatic rings. The van der Waals surface area contributed by atoms with Gasteiger partial charge in [-0.1, -0.05) is 12.2 Å². The maximum atomic E-state index is 7.93. The molecule has 7 heavy (non-hydrogen) atoms. The standard InChI is InChI=1S/C4H4N2S/c5-2-1-4(7)3-6/h3,6H,1H2. The van der Waals surface area contributed by atoms with E-state index in [1.807, 2.05) is 6.07 Å². The molecule has 0 amide bonds. The zero-order chi connectivity index (χ0) is 5.70. The summed E-state index contributed by atoms with van der Waals surface area (Å²) in [6.45, 7) is 0. The predicted octanol–water partition coefficient (Wildman–Crippen LogP) is 0.920. The van der Waals surface area contributed by atoms with Gasteiger partial charge in [0.05, 0.1) is 12.5 Å². The molecule has 3 heteroatoms. The lowest BCUT2D eigenvalue weighted by Gasteiger charge is -1.76. The van der Waals surface area contributed by atoms with E-state index >= 15 is 0 Å². The summed E-state index contributed by atoms with van der Waals surface area (Å²) in [6.07, 6.45) is 1.21. The first-order valence-corrected chi connectivity index (χ1v) is 2.12. The van der Waals surface area contributed by atoms with Crippen molar-refractivity contribution in [3.8, 4) is 6.07 Å². The van der Waals surface area contributed by atoms with Crippen molar-refractivity contribution >= 4 is 23.3 Å². The number of hydrogen-bond donors (Lipinski definition) is 1. The number of nitriles is 1. The average molecular weight is 112 g/mol. The summed E-state index contributed by atoms with van der Waals surface area (Å²) < 4.78 is 0. The van der Waals surface area contributed by atoms with Crippen LogP contribution in [0.4, 0.5) is 0 Å². The van der Waals surface area contributed by atoms with Gasteiger partial charge < -0.3 is 5.41 Å². The molecule has 0 saturated carbocycles. The largest absolute Gasteiger partial charge is 0.308 e. The number of nitrogens with one attached hydrogen (secondary N) is 1. The maximum absolute atomic E-state index is 7.93. The van der Waals surface area contributed by atoms with Crippen LogP contribution in [-0.2, 0) is 0 Å². The highest BCUT2D eigenvalue weighted by atomic mass is 32.1. The predicted molar refractivity (Wildman–Crippen MR) is 31.6 cm³/mol. The fourth-order valence-corrected chi connectivity index (χ4v) is 0.193. The number of rotatable bonds is 2. The molecule has 0 heterocycles. The summed E-state index contributed by atoms with van der Waals surface area (Å²) in [7, 11) is 0. The van der Waals surface area contributed by atoms with E-state index in [2.05, 4.69) is 12.2 Å². The van der Waals surface area contributed by atoms with Gasteiger partial charge in [-0.05, 0) is 0 Å². The maximum Gasteiger partial charge on any atom is 0.0719 e. The Labute approximate surface area is 47.3 Å². The Kier molecular flexibility index (Phi) is 3.07. The Balaban J connectivity index is 3.42. The smallest absolute Gasteiger partial charge is 0.0719 e. The van der Waals surface area contributed by atoms with Gasteiger partial charge in [-0.3, -0.25) is 0 Å². The summed E-state index contributed by atoms with van der Waals surface area (Å²) in [5, 5.41) is 14.4. The van der Waals surface area contributed by atoms with Gasteiger partial charge in [-0.2, -0.15) is 5.26 Å². The van der Waals surface area contributed by atoms with Gasteiger partial charge in [0.1, 0.15) is 0 Å². The van der Waals surface area contributed by atoms with Crippen LogP contribution in [0.3, 0.4) is 0 Å². The first-order chi connectivity index (χ1) is 3.31. The van der Waals surface area contributed by atoms with Gasteiger partial charge >= 0.3 is 0 Å². The fraction of sp³-hybridized carbons (Fsp3) is 0.250. The lowest BCUT2D eigenvalue weighted by Crippen LogP contribution is -1.89. The lowest BCUT2D eigenvalue weighted by atomic mass is 10.4. The summed E-state index contributed by atoms with van der Waals surface area (Å²) in [6, 6.07) is 1.83. The highest BCUT2D eigenvalue weighted by molar-refractivity contribution is 7.81. The van der Waals surface area contributed by atoms with Crippen LogP contribution in [0.2, 0.25) is 0 Å². The van der Waals surface area contributed by atoms with E-state index < -0.39 is 0 Å². The number of thiocarbonyl (C=S) groups is 1. The van der Waals surface area contributed by atoms with Crippen molar-refractivity contribution < 1.29 is 0 Å². The molecule has 0 radical (unpaired) electrons. The van der Waals surface area contributed by atoms with Gasteiger partial charge in [-0.15, -0.1) is 0 Å². The minimum absolute atomic E-state index is 0.193. The molecular weight excluding hydrogens is 108 g/mol. The Hall–Kier alpha value is -0.750. The second-order valence-electron chi connectivity index (χ2n) is 0.946. The first-order valence-electron chi connectivity index (χ1n) is 1.71. The van der Waals surface area contributed by atoms with E-state index in [1.54, 1.807) is 0 Å². The van der Waals surface area contributed by atoms with Gasteiger partial charge in [0, 0.05) is 11.1 Å².